The molecule has 1 aromatic carbocycles. The van der Waals surface area contributed by atoms with Gasteiger partial charge in [0, 0.05) is 44.0 Å². The largest absolute Gasteiger partial charge is 0.468 e. The SMILES string of the molecule is C=C1C(=O)[C@](C)(C(=O)OC)[C@@H](CCN2CCN(CNc3ccccc3)CC2)O[C@H]1C. The summed E-state index contributed by atoms with van der Waals surface area (Å²) in [6.07, 6.45) is -0.311. The predicted octanol–water partition coefficient (Wildman–Crippen LogP) is 2.16. The number of Topliss-reactive ketones (excluding diaryl/α,β-unsaturated/α-hetero) is 1. The maximum Gasteiger partial charge on any atom is 0.322 e. The van der Waals surface area contributed by atoms with Gasteiger partial charge in [-0.1, -0.05) is 24.8 Å². The Morgan fingerprint density at radius 2 is 1.87 bits per heavy atom. The summed E-state index contributed by atoms with van der Waals surface area (Å²) in [6, 6.07) is 10.2. The molecule has 0 bridgehead atoms. The molecule has 2 fully saturated rings. The van der Waals surface area contributed by atoms with Gasteiger partial charge >= 0.3 is 5.97 Å². The molecule has 2 aliphatic rings. The molecule has 2 saturated heterocycles. The minimum atomic E-state index is -1.33. The molecule has 30 heavy (non-hydrogen) atoms. The van der Waals surface area contributed by atoms with Crippen molar-refractivity contribution >= 4 is 17.4 Å². The van der Waals surface area contributed by atoms with Crippen LogP contribution in [-0.2, 0) is 19.1 Å². The molecule has 1 N–H and O–H groups in total. The van der Waals surface area contributed by atoms with Crippen molar-refractivity contribution < 1.29 is 19.1 Å². The number of methoxy groups -OCH3 is 1. The molecule has 3 rings (SSSR count). The zero-order chi connectivity index (χ0) is 21.7. The lowest BCUT2D eigenvalue weighted by Gasteiger charge is -2.42. The third kappa shape index (κ3) is 4.74. The number of benzene rings is 1. The van der Waals surface area contributed by atoms with Crippen molar-refractivity contribution in [3.05, 3.63) is 42.5 Å². The minimum Gasteiger partial charge on any atom is -0.468 e. The number of hydrogen-bond acceptors (Lipinski definition) is 7. The van der Waals surface area contributed by atoms with Gasteiger partial charge in [0.15, 0.2) is 11.2 Å². The molecule has 3 atom stereocenters. The molecule has 0 amide bonds. The fourth-order valence-corrected chi connectivity index (χ4v) is 4.15. The van der Waals surface area contributed by atoms with Crippen LogP contribution in [-0.4, -0.2) is 80.3 Å². The topological polar surface area (TPSA) is 71.1 Å². The van der Waals surface area contributed by atoms with Crippen LogP contribution in [0, 0.1) is 5.41 Å². The van der Waals surface area contributed by atoms with Crippen LogP contribution in [0.15, 0.2) is 42.5 Å². The number of nitrogens with zero attached hydrogens (tertiary/aromatic N) is 2. The first kappa shape index (κ1) is 22.5. The summed E-state index contributed by atoms with van der Waals surface area (Å²) in [5.74, 6) is -0.822. The number of ether oxygens (including phenoxy) is 2. The van der Waals surface area contributed by atoms with Crippen molar-refractivity contribution in [1.82, 2.24) is 9.80 Å². The number of piperazine rings is 1. The highest BCUT2D eigenvalue weighted by molar-refractivity contribution is 6.13. The Bertz CT molecular complexity index is 761. The third-order valence-electron chi connectivity index (χ3n) is 6.33. The number of ketones is 1. The van der Waals surface area contributed by atoms with Gasteiger partial charge in [0.2, 0.25) is 0 Å². The number of nitrogens with one attached hydrogen (secondary N) is 1. The molecule has 164 valence electrons. The van der Waals surface area contributed by atoms with Gasteiger partial charge < -0.3 is 19.7 Å². The fourth-order valence-electron chi connectivity index (χ4n) is 4.15. The number of para-hydroxylation sites is 1. The monoisotopic (exact) mass is 415 g/mol. The summed E-state index contributed by atoms with van der Waals surface area (Å²) in [7, 11) is 1.31. The van der Waals surface area contributed by atoms with E-state index in [0.717, 1.165) is 45.1 Å². The summed E-state index contributed by atoms with van der Waals surface area (Å²) in [5.41, 5.74) is 0.121. The molecule has 0 spiro atoms. The average molecular weight is 416 g/mol. The van der Waals surface area contributed by atoms with Gasteiger partial charge in [0.25, 0.3) is 0 Å². The van der Waals surface area contributed by atoms with E-state index in [9.17, 15) is 9.59 Å². The van der Waals surface area contributed by atoms with Crippen molar-refractivity contribution in [2.24, 2.45) is 5.41 Å². The number of rotatable bonds is 7. The van der Waals surface area contributed by atoms with E-state index in [2.05, 4.69) is 33.8 Å². The van der Waals surface area contributed by atoms with Gasteiger partial charge in [0.1, 0.15) is 0 Å². The molecular weight excluding hydrogens is 382 g/mol. The van der Waals surface area contributed by atoms with Crippen LogP contribution in [0.1, 0.15) is 20.3 Å². The Labute approximate surface area is 179 Å². The van der Waals surface area contributed by atoms with E-state index in [4.69, 9.17) is 9.47 Å². The zero-order valence-corrected chi connectivity index (χ0v) is 18.2. The number of carbonyl (C=O) groups excluding carboxylic acids is 2. The highest BCUT2D eigenvalue weighted by Crippen LogP contribution is 2.38. The number of hydrogen-bond donors (Lipinski definition) is 1. The molecule has 0 aliphatic carbocycles. The first-order valence-electron chi connectivity index (χ1n) is 10.6. The van der Waals surface area contributed by atoms with Crippen molar-refractivity contribution in [3.63, 3.8) is 0 Å². The minimum absolute atomic E-state index is 0.269. The van der Waals surface area contributed by atoms with Gasteiger partial charge in [-0.05, 0) is 32.4 Å². The van der Waals surface area contributed by atoms with E-state index in [0.29, 0.717) is 12.0 Å². The second-order valence-electron chi connectivity index (χ2n) is 8.26. The Morgan fingerprint density at radius 1 is 1.23 bits per heavy atom. The summed E-state index contributed by atoms with van der Waals surface area (Å²) in [5, 5.41) is 3.45. The molecule has 7 heteroatoms. The first-order chi connectivity index (χ1) is 14.4. The summed E-state index contributed by atoms with van der Waals surface area (Å²) < 4.78 is 11.0. The highest BCUT2D eigenvalue weighted by atomic mass is 16.5. The van der Waals surface area contributed by atoms with Crippen molar-refractivity contribution in [1.29, 1.82) is 0 Å². The van der Waals surface area contributed by atoms with Gasteiger partial charge in [0.05, 0.1) is 26.0 Å². The molecule has 0 saturated carbocycles. The molecule has 0 radical (unpaired) electrons. The molecule has 1 aromatic rings. The molecule has 7 nitrogen and oxygen atoms in total. The zero-order valence-electron chi connectivity index (χ0n) is 18.2. The second-order valence-corrected chi connectivity index (χ2v) is 8.26. The lowest BCUT2D eigenvalue weighted by atomic mass is 9.73. The summed E-state index contributed by atoms with van der Waals surface area (Å²) >= 11 is 0. The van der Waals surface area contributed by atoms with Crippen LogP contribution in [0.3, 0.4) is 0 Å². The Hall–Kier alpha value is -2.22. The van der Waals surface area contributed by atoms with Crippen molar-refractivity contribution in [2.75, 3.05) is 51.8 Å². The molecule has 2 aliphatic heterocycles. The smallest absolute Gasteiger partial charge is 0.322 e. The van der Waals surface area contributed by atoms with E-state index >= 15 is 0 Å². The van der Waals surface area contributed by atoms with E-state index in [1.807, 2.05) is 25.1 Å². The lowest BCUT2D eigenvalue weighted by Crippen LogP contribution is -2.56. The third-order valence-corrected chi connectivity index (χ3v) is 6.33. The number of carbonyl (C=O) groups is 2. The van der Waals surface area contributed by atoms with Crippen LogP contribution >= 0.6 is 0 Å². The quantitative estimate of drug-likeness (QED) is 0.416. The lowest BCUT2D eigenvalue weighted by molar-refractivity contribution is -0.175. The van der Waals surface area contributed by atoms with Crippen LogP contribution in [0.5, 0.6) is 0 Å². The normalized spacial score (nSPS) is 28.4. The second kappa shape index (κ2) is 9.73. The van der Waals surface area contributed by atoms with Crippen molar-refractivity contribution in [3.8, 4) is 0 Å². The Kier molecular flexibility index (Phi) is 7.28. The molecule has 2 heterocycles. The van der Waals surface area contributed by atoms with Gasteiger partial charge in [-0.15, -0.1) is 0 Å². The maximum absolute atomic E-state index is 12.8. The summed E-state index contributed by atoms with van der Waals surface area (Å²) in [4.78, 5) is 30.0. The molecule has 0 unspecified atom stereocenters. The maximum atomic E-state index is 12.8. The first-order valence-corrected chi connectivity index (χ1v) is 10.6. The standard InChI is InChI=1S/C23H33N3O4/c1-17-18(2)30-20(23(3,21(17)27)22(28)29-4)10-11-25-12-14-26(15-13-25)16-24-19-8-6-5-7-9-19/h5-9,18,20,24H,1,10-16H2,2-4H3/t18-,20+,23+/m0/s1. The van der Waals surface area contributed by atoms with Crippen LogP contribution in [0.25, 0.3) is 0 Å². The predicted molar refractivity (Wildman–Crippen MR) is 116 cm³/mol. The number of esters is 1. The van der Waals surface area contributed by atoms with E-state index in [1.54, 1.807) is 6.92 Å². The van der Waals surface area contributed by atoms with Gasteiger partial charge in [-0.3, -0.25) is 14.5 Å². The van der Waals surface area contributed by atoms with Gasteiger partial charge in [-0.25, -0.2) is 0 Å². The van der Waals surface area contributed by atoms with E-state index in [-0.39, 0.29) is 11.9 Å². The van der Waals surface area contributed by atoms with Crippen LogP contribution < -0.4 is 5.32 Å². The van der Waals surface area contributed by atoms with Crippen LogP contribution in [0.4, 0.5) is 5.69 Å². The number of anilines is 1. The van der Waals surface area contributed by atoms with Crippen molar-refractivity contribution in [2.45, 2.75) is 32.5 Å². The Balaban J connectivity index is 1.50. The Morgan fingerprint density at radius 3 is 2.50 bits per heavy atom. The van der Waals surface area contributed by atoms with E-state index in [1.165, 1.54) is 7.11 Å². The fraction of sp³-hybridized carbons (Fsp3) is 0.565. The van der Waals surface area contributed by atoms with E-state index < -0.39 is 17.5 Å². The molecular formula is C23H33N3O4. The average Bonchev–Trinajstić information content (AvgIpc) is 2.78. The highest BCUT2D eigenvalue weighted by Gasteiger charge is 2.54. The summed E-state index contributed by atoms with van der Waals surface area (Å²) in [6.45, 7) is 12.6. The molecule has 0 aromatic heterocycles. The van der Waals surface area contributed by atoms with Crippen LogP contribution in [0.2, 0.25) is 0 Å². The van der Waals surface area contributed by atoms with Gasteiger partial charge in [-0.2, -0.15) is 0 Å².